The number of hydrogen-bond donors (Lipinski definition) is 1. The van der Waals surface area contributed by atoms with E-state index in [9.17, 15) is 9.90 Å². The molecule has 0 aliphatic carbocycles. The zero-order valence-electron chi connectivity index (χ0n) is 15.6. The van der Waals surface area contributed by atoms with E-state index < -0.39 is 11.2 Å². The van der Waals surface area contributed by atoms with E-state index in [1.807, 2.05) is 27.7 Å². The van der Waals surface area contributed by atoms with Gasteiger partial charge in [-0.15, -0.1) is 0 Å². The van der Waals surface area contributed by atoms with Crippen LogP contribution in [0.2, 0.25) is 0 Å². The SMILES string of the molecule is CCCn1nc(C#N)cc1CC1(O)CCN(C(=O)OC(C)(C)C)CC1. The summed E-state index contributed by atoms with van der Waals surface area (Å²) in [7, 11) is 0. The van der Waals surface area contributed by atoms with Gasteiger partial charge in [0.05, 0.1) is 5.60 Å². The van der Waals surface area contributed by atoms with Gasteiger partial charge in [-0.05, 0) is 46.1 Å². The Hall–Kier alpha value is -2.07. The first-order chi connectivity index (χ1) is 11.7. The number of aromatic nitrogens is 2. The van der Waals surface area contributed by atoms with Gasteiger partial charge in [-0.3, -0.25) is 4.68 Å². The van der Waals surface area contributed by atoms with Crippen LogP contribution in [0.3, 0.4) is 0 Å². The van der Waals surface area contributed by atoms with Crippen LogP contribution < -0.4 is 0 Å². The fourth-order valence-corrected chi connectivity index (χ4v) is 3.00. The summed E-state index contributed by atoms with van der Waals surface area (Å²) in [5, 5.41) is 24.2. The minimum Gasteiger partial charge on any atom is -0.444 e. The molecular formula is C18H28N4O3. The molecule has 25 heavy (non-hydrogen) atoms. The average Bonchev–Trinajstić information content (AvgIpc) is 2.88. The minimum absolute atomic E-state index is 0.336. The number of nitriles is 1. The molecule has 0 spiro atoms. The zero-order valence-corrected chi connectivity index (χ0v) is 15.6. The molecule has 0 unspecified atom stereocenters. The third kappa shape index (κ3) is 5.20. The molecule has 1 saturated heterocycles. The van der Waals surface area contributed by atoms with Crippen molar-refractivity contribution in [2.24, 2.45) is 0 Å². The summed E-state index contributed by atoms with van der Waals surface area (Å²) in [6.45, 7) is 9.20. The van der Waals surface area contributed by atoms with E-state index in [1.165, 1.54) is 0 Å². The number of aryl methyl sites for hydroxylation is 1. The molecule has 0 aromatic carbocycles. The molecule has 138 valence electrons. The maximum Gasteiger partial charge on any atom is 0.410 e. The number of hydrogen-bond acceptors (Lipinski definition) is 5. The minimum atomic E-state index is -0.892. The predicted octanol–water partition coefficient (Wildman–Crippen LogP) is 2.47. The molecule has 7 nitrogen and oxygen atoms in total. The number of aliphatic hydroxyl groups is 1. The number of likely N-dealkylation sites (tertiary alicyclic amines) is 1. The first kappa shape index (κ1) is 19.3. The maximum atomic E-state index is 12.1. The first-order valence-electron chi connectivity index (χ1n) is 8.83. The van der Waals surface area contributed by atoms with E-state index in [2.05, 4.69) is 11.2 Å². The lowest BCUT2D eigenvalue weighted by molar-refractivity contribution is -0.0325. The van der Waals surface area contributed by atoms with Gasteiger partial charge in [0.1, 0.15) is 11.7 Å². The number of piperidine rings is 1. The number of nitrogens with zero attached hydrogens (tertiary/aromatic N) is 4. The second kappa shape index (κ2) is 7.44. The summed E-state index contributed by atoms with van der Waals surface area (Å²) in [6, 6.07) is 3.80. The Morgan fingerprint density at radius 2 is 2.08 bits per heavy atom. The third-order valence-electron chi connectivity index (χ3n) is 4.27. The largest absolute Gasteiger partial charge is 0.444 e. The summed E-state index contributed by atoms with van der Waals surface area (Å²) in [4.78, 5) is 13.8. The summed E-state index contributed by atoms with van der Waals surface area (Å²) < 4.78 is 7.19. The van der Waals surface area contributed by atoms with Crippen molar-refractivity contribution in [2.75, 3.05) is 13.1 Å². The van der Waals surface area contributed by atoms with Gasteiger partial charge in [0.25, 0.3) is 0 Å². The van der Waals surface area contributed by atoms with Gasteiger partial charge in [-0.25, -0.2) is 4.79 Å². The average molecular weight is 348 g/mol. The molecule has 1 aliphatic rings. The highest BCUT2D eigenvalue weighted by Gasteiger charge is 2.36. The normalized spacial score (nSPS) is 17.2. The van der Waals surface area contributed by atoms with Crippen molar-refractivity contribution in [1.82, 2.24) is 14.7 Å². The highest BCUT2D eigenvalue weighted by molar-refractivity contribution is 5.68. The van der Waals surface area contributed by atoms with E-state index in [0.717, 1.165) is 18.7 Å². The molecule has 0 saturated carbocycles. The Labute approximate surface area is 149 Å². The maximum absolute atomic E-state index is 12.1. The number of carbonyl (C=O) groups is 1. The van der Waals surface area contributed by atoms with Crippen molar-refractivity contribution in [3.8, 4) is 6.07 Å². The zero-order chi connectivity index (χ0) is 18.7. The van der Waals surface area contributed by atoms with Crippen LogP contribution in [-0.2, 0) is 17.7 Å². The Balaban J connectivity index is 2.00. The van der Waals surface area contributed by atoms with Gasteiger partial charge in [0.2, 0.25) is 0 Å². The molecule has 1 N–H and O–H groups in total. The number of ether oxygens (including phenoxy) is 1. The van der Waals surface area contributed by atoms with Gasteiger partial charge in [0.15, 0.2) is 5.69 Å². The lowest BCUT2D eigenvalue weighted by atomic mass is 9.87. The molecule has 1 aromatic rings. The molecule has 2 heterocycles. The predicted molar refractivity (Wildman–Crippen MR) is 92.9 cm³/mol. The number of rotatable bonds is 4. The van der Waals surface area contributed by atoms with Gasteiger partial charge < -0.3 is 14.7 Å². The van der Waals surface area contributed by atoms with Crippen LogP contribution in [-0.4, -0.2) is 50.2 Å². The van der Waals surface area contributed by atoms with E-state index in [4.69, 9.17) is 10.00 Å². The molecule has 1 aliphatic heterocycles. The second-order valence-electron chi connectivity index (χ2n) is 7.72. The lowest BCUT2D eigenvalue weighted by Gasteiger charge is -2.38. The second-order valence-corrected chi connectivity index (χ2v) is 7.72. The van der Waals surface area contributed by atoms with Gasteiger partial charge in [-0.1, -0.05) is 6.92 Å². The molecule has 2 rings (SSSR count). The molecular weight excluding hydrogens is 320 g/mol. The van der Waals surface area contributed by atoms with Crippen molar-refractivity contribution in [3.05, 3.63) is 17.5 Å². The van der Waals surface area contributed by atoms with Crippen LogP contribution in [0.1, 0.15) is 58.3 Å². The molecule has 0 radical (unpaired) electrons. The fraction of sp³-hybridized carbons (Fsp3) is 0.722. The van der Waals surface area contributed by atoms with Crippen LogP contribution in [0.15, 0.2) is 6.07 Å². The van der Waals surface area contributed by atoms with Gasteiger partial charge in [0, 0.05) is 31.7 Å². The van der Waals surface area contributed by atoms with Crippen LogP contribution in [0.25, 0.3) is 0 Å². The Morgan fingerprint density at radius 3 is 2.60 bits per heavy atom. The quantitative estimate of drug-likeness (QED) is 0.902. The highest BCUT2D eigenvalue weighted by atomic mass is 16.6. The summed E-state index contributed by atoms with van der Waals surface area (Å²) in [5.41, 5.74) is -0.174. The Kier molecular flexibility index (Phi) is 5.73. The molecule has 1 aromatic heterocycles. The summed E-state index contributed by atoms with van der Waals surface area (Å²) in [5.74, 6) is 0. The van der Waals surface area contributed by atoms with E-state index >= 15 is 0 Å². The number of amides is 1. The monoisotopic (exact) mass is 348 g/mol. The first-order valence-corrected chi connectivity index (χ1v) is 8.83. The number of carbonyl (C=O) groups excluding carboxylic acids is 1. The van der Waals surface area contributed by atoms with Crippen molar-refractivity contribution >= 4 is 6.09 Å². The van der Waals surface area contributed by atoms with Crippen molar-refractivity contribution in [2.45, 2.75) is 71.1 Å². The Morgan fingerprint density at radius 1 is 1.44 bits per heavy atom. The van der Waals surface area contributed by atoms with Gasteiger partial charge in [-0.2, -0.15) is 10.4 Å². The van der Waals surface area contributed by atoms with Crippen LogP contribution in [0.4, 0.5) is 4.79 Å². The van der Waals surface area contributed by atoms with Crippen molar-refractivity contribution < 1.29 is 14.6 Å². The third-order valence-corrected chi connectivity index (χ3v) is 4.27. The van der Waals surface area contributed by atoms with Crippen molar-refractivity contribution in [1.29, 1.82) is 5.26 Å². The van der Waals surface area contributed by atoms with Crippen LogP contribution >= 0.6 is 0 Å². The van der Waals surface area contributed by atoms with Gasteiger partial charge >= 0.3 is 6.09 Å². The van der Waals surface area contributed by atoms with E-state index in [-0.39, 0.29) is 6.09 Å². The van der Waals surface area contributed by atoms with E-state index in [1.54, 1.807) is 15.6 Å². The highest BCUT2D eigenvalue weighted by Crippen LogP contribution is 2.27. The molecule has 1 amide bonds. The van der Waals surface area contributed by atoms with Crippen LogP contribution in [0.5, 0.6) is 0 Å². The topological polar surface area (TPSA) is 91.4 Å². The molecule has 0 atom stereocenters. The molecule has 1 fully saturated rings. The Bertz CT molecular complexity index is 646. The summed E-state index contributed by atoms with van der Waals surface area (Å²) >= 11 is 0. The lowest BCUT2D eigenvalue weighted by Crippen LogP contribution is -2.49. The van der Waals surface area contributed by atoms with Crippen molar-refractivity contribution in [3.63, 3.8) is 0 Å². The fourth-order valence-electron chi connectivity index (χ4n) is 3.00. The standard InChI is InChI=1S/C18H28N4O3/c1-5-8-22-15(11-14(13-19)20-22)12-18(24)6-9-21(10-7-18)16(23)25-17(2,3)4/h11,24H,5-10,12H2,1-4H3. The van der Waals surface area contributed by atoms with E-state index in [0.29, 0.717) is 38.0 Å². The van der Waals surface area contributed by atoms with Crippen LogP contribution in [0, 0.1) is 11.3 Å². The smallest absolute Gasteiger partial charge is 0.410 e. The molecule has 7 heteroatoms. The summed E-state index contributed by atoms with van der Waals surface area (Å²) in [6.07, 6.45) is 1.96. The molecule has 0 bridgehead atoms.